The van der Waals surface area contributed by atoms with E-state index in [-0.39, 0.29) is 6.03 Å². The van der Waals surface area contributed by atoms with E-state index in [1.807, 2.05) is 36.1 Å². The third-order valence-electron chi connectivity index (χ3n) is 4.84. The van der Waals surface area contributed by atoms with Crippen molar-refractivity contribution in [1.82, 2.24) is 10.2 Å². The van der Waals surface area contributed by atoms with Crippen LogP contribution in [-0.2, 0) is 6.54 Å². The lowest BCUT2D eigenvalue weighted by Crippen LogP contribution is -2.51. The fourth-order valence-electron chi connectivity index (χ4n) is 3.18. The van der Waals surface area contributed by atoms with Crippen LogP contribution in [0.25, 0.3) is 0 Å². The smallest absolute Gasteiger partial charge is 0.317 e. The average Bonchev–Trinajstić information content (AvgIpc) is 2.63. The number of hydrogen-bond acceptors (Lipinski definition) is 2. The molecule has 0 aliphatic carbocycles. The molecule has 1 saturated heterocycles. The molecule has 1 aliphatic heterocycles. The number of urea groups is 1. The molecule has 2 aromatic rings. The normalized spacial score (nSPS) is 14.5. The molecule has 0 saturated carbocycles. The summed E-state index contributed by atoms with van der Waals surface area (Å²) in [6.45, 7) is 7.74. The summed E-state index contributed by atoms with van der Waals surface area (Å²) in [5, 5.41) is 3.82. The standard InChI is InChI=1S/C20H24ClN3O/c1-15-6-3-4-7-17(15)14-22-20(25)24-12-10-23(11-13-24)19-9-5-8-18(21)16(19)2/h3-9H,10-14H2,1-2H3,(H,22,25). The molecule has 1 heterocycles. The molecule has 25 heavy (non-hydrogen) atoms. The quantitative estimate of drug-likeness (QED) is 0.901. The van der Waals surface area contributed by atoms with Crippen molar-refractivity contribution < 1.29 is 4.79 Å². The molecule has 0 unspecified atom stereocenters. The number of anilines is 1. The topological polar surface area (TPSA) is 35.6 Å². The minimum absolute atomic E-state index is 0.00530. The fraction of sp³-hybridized carbons (Fsp3) is 0.350. The van der Waals surface area contributed by atoms with Crippen LogP contribution in [-0.4, -0.2) is 37.1 Å². The summed E-state index contributed by atoms with van der Waals surface area (Å²) in [6.07, 6.45) is 0. The van der Waals surface area contributed by atoms with E-state index in [4.69, 9.17) is 11.6 Å². The van der Waals surface area contributed by atoms with Gasteiger partial charge in [0.15, 0.2) is 0 Å². The second-order valence-electron chi connectivity index (χ2n) is 6.44. The van der Waals surface area contributed by atoms with Crippen molar-refractivity contribution in [2.75, 3.05) is 31.1 Å². The van der Waals surface area contributed by atoms with Crippen LogP contribution in [0.4, 0.5) is 10.5 Å². The van der Waals surface area contributed by atoms with Crippen LogP contribution in [0.2, 0.25) is 5.02 Å². The van der Waals surface area contributed by atoms with Crippen LogP contribution in [0.3, 0.4) is 0 Å². The molecule has 5 heteroatoms. The first kappa shape index (κ1) is 17.6. The van der Waals surface area contributed by atoms with Gasteiger partial charge in [-0.2, -0.15) is 0 Å². The first-order valence-corrected chi connectivity index (χ1v) is 9.01. The summed E-state index contributed by atoms with van der Waals surface area (Å²) < 4.78 is 0. The van der Waals surface area contributed by atoms with Gasteiger partial charge >= 0.3 is 6.03 Å². The number of aryl methyl sites for hydroxylation is 1. The predicted octanol–water partition coefficient (Wildman–Crippen LogP) is 3.99. The molecule has 0 spiro atoms. The van der Waals surface area contributed by atoms with Crippen molar-refractivity contribution in [3.63, 3.8) is 0 Å². The molecule has 1 fully saturated rings. The van der Waals surface area contributed by atoms with Crippen molar-refractivity contribution >= 4 is 23.3 Å². The zero-order valence-corrected chi connectivity index (χ0v) is 15.5. The Bertz CT molecular complexity index is 754. The second-order valence-corrected chi connectivity index (χ2v) is 6.85. The Labute approximate surface area is 154 Å². The summed E-state index contributed by atoms with van der Waals surface area (Å²) >= 11 is 6.22. The highest BCUT2D eigenvalue weighted by Gasteiger charge is 2.22. The Balaban J connectivity index is 1.54. The largest absolute Gasteiger partial charge is 0.368 e. The van der Waals surface area contributed by atoms with Gasteiger partial charge in [-0.3, -0.25) is 0 Å². The van der Waals surface area contributed by atoms with Crippen LogP contribution in [0, 0.1) is 13.8 Å². The van der Waals surface area contributed by atoms with Gasteiger partial charge in [0.05, 0.1) is 0 Å². The van der Waals surface area contributed by atoms with Gasteiger partial charge in [-0.15, -0.1) is 0 Å². The van der Waals surface area contributed by atoms with Gasteiger partial charge in [0.2, 0.25) is 0 Å². The van der Waals surface area contributed by atoms with Gasteiger partial charge in [-0.05, 0) is 42.7 Å². The number of piperazine rings is 1. The number of nitrogens with one attached hydrogen (secondary N) is 1. The molecule has 0 atom stereocenters. The minimum atomic E-state index is 0.00530. The highest BCUT2D eigenvalue weighted by atomic mass is 35.5. The van der Waals surface area contributed by atoms with Crippen molar-refractivity contribution in [2.24, 2.45) is 0 Å². The van der Waals surface area contributed by atoms with E-state index in [2.05, 4.69) is 35.3 Å². The number of carbonyl (C=O) groups is 1. The molecule has 3 rings (SSSR count). The Hall–Kier alpha value is -2.20. The maximum absolute atomic E-state index is 12.4. The van der Waals surface area contributed by atoms with Crippen molar-refractivity contribution in [2.45, 2.75) is 20.4 Å². The SMILES string of the molecule is Cc1ccccc1CNC(=O)N1CCN(c2cccc(Cl)c2C)CC1. The zero-order valence-electron chi connectivity index (χ0n) is 14.8. The first-order chi connectivity index (χ1) is 12.1. The number of halogens is 1. The zero-order chi connectivity index (χ0) is 17.8. The molecule has 0 bridgehead atoms. The van der Waals surface area contributed by atoms with Crippen molar-refractivity contribution in [1.29, 1.82) is 0 Å². The van der Waals surface area contributed by atoms with Crippen molar-refractivity contribution in [3.05, 3.63) is 64.2 Å². The third-order valence-corrected chi connectivity index (χ3v) is 5.25. The summed E-state index contributed by atoms with van der Waals surface area (Å²) in [4.78, 5) is 16.6. The number of rotatable bonds is 3. The lowest BCUT2D eigenvalue weighted by atomic mass is 10.1. The van der Waals surface area contributed by atoms with E-state index in [1.54, 1.807) is 0 Å². The third kappa shape index (κ3) is 4.07. The molecule has 2 aromatic carbocycles. The molecular weight excluding hydrogens is 334 g/mol. The maximum atomic E-state index is 12.4. The number of benzene rings is 2. The van der Waals surface area contributed by atoms with E-state index < -0.39 is 0 Å². The highest BCUT2D eigenvalue weighted by Crippen LogP contribution is 2.27. The summed E-state index contributed by atoms with van der Waals surface area (Å²) in [5.74, 6) is 0. The molecule has 1 aliphatic rings. The molecule has 0 aromatic heterocycles. The lowest BCUT2D eigenvalue weighted by molar-refractivity contribution is 0.194. The summed E-state index contributed by atoms with van der Waals surface area (Å²) in [5.41, 5.74) is 4.61. The number of nitrogens with zero attached hydrogens (tertiary/aromatic N) is 2. The van der Waals surface area contributed by atoms with Gasteiger partial charge in [-0.25, -0.2) is 4.79 Å². The molecule has 4 nitrogen and oxygen atoms in total. The Morgan fingerprint density at radius 1 is 1.04 bits per heavy atom. The number of amides is 2. The van der Waals surface area contributed by atoms with Crippen LogP contribution >= 0.6 is 11.6 Å². The average molecular weight is 358 g/mol. The van der Waals surface area contributed by atoms with E-state index in [0.29, 0.717) is 19.6 Å². The summed E-state index contributed by atoms with van der Waals surface area (Å²) in [6, 6.07) is 14.1. The van der Waals surface area contributed by atoms with Crippen molar-refractivity contribution in [3.8, 4) is 0 Å². The Kier molecular flexibility index (Phi) is 5.49. The molecular formula is C20H24ClN3O. The number of carbonyl (C=O) groups excluding carboxylic acids is 1. The van der Waals surface area contributed by atoms with E-state index in [1.165, 1.54) is 5.56 Å². The van der Waals surface area contributed by atoms with E-state index >= 15 is 0 Å². The monoisotopic (exact) mass is 357 g/mol. The number of hydrogen-bond donors (Lipinski definition) is 1. The van der Waals surface area contributed by atoms with Gasteiger partial charge in [0.25, 0.3) is 0 Å². The van der Waals surface area contributed by atoms with Gasteiger partial charge in [0.1, 0.15) is 0 Å². The van der Waals surface area contributed by atoms with Gasteiger partial charge in [0, 0.05) is 43.4 Å². The van der Waals surface area contributed by atoms with Crippen LogP contribution < -0.4 is 10.2 Å². The fourth-order valence-corrected chi connectivity index (χ4v) is 3.35. The molecule has 2 amide bonds. The van der Waals surface area contributed by atoms with Gasteiger partial charge in [-0.1, -0.05) is 41.9 Å². The summed E-state index contributed by atoms with van der Waals surface area (Å²) in [7, 11) is 0. The Morgan fingerprint density at radius 2 is 1.76 bits per heavy atom. The molecule has 1 N–H and O–H groups in total. The van der Waals surface area contributed by atoms with Crippen LogP contribution in [0.15, 0.2) is 42.5 Å². The maximum Gasteiger partial charge on any atom is 0.317 e. The second kappa shape index (κ2) is 7.79. The molecule has 0 radical (unpaired) electrons. The van der Waals surface area contributed by atoms with Crippen LogP contribution in [0.5, 0.6) is 0 Å². The van der Waals surface area contributed by atoms with E-state index in [0.717, 1.165) is 34.9 Å². The lowest BCUT2D eigenvalue weighted by Gasteiger charge is -2.36. The highest BCUT2D eigenvalue weighted by molar-refractivity contribution is 6.31. The Morgan fingerprint density at radius 3 is 2.48 bits per heavy atom. The first-order valence-electron chi connectivity index (χ1n) is 8.63. The predicted molar refractivity (Wildman–Crippen MR) is 103 cm³/mol. The minimum Gasteiger partial charge on any atom is -0.368 e. The van der Waals surface area contributed by atoms with Crippen LogP contribution in [0.1, 0.15) is 16.7 Å². The molecule has 132 valence electrons. The van der Waals surface area contributed by atoms with E-state index in [9.17, 15) is 4.79 Å². The van der Waals surface area contributed by atoms with Gasteiger partial charge < -0.3 is 15.1 Å².